The number of rotatable bonds is 10. The fourth-order valence-corrected chi connectivity index (χ4v) is 3.97. The quantitative estimate of drug-likeness (QED) is 0.676. The lowest BCUT2D eigenvalue weighted by Gasteiger charge is -2.29. The van der Waals surface area contributed by atoms with Crippen molar-refractivity contribution in [2.45, 2.75) is 49.3 Å². The molecule has 6 nitrogen and oxygen atoms in total. The van der Waals surface area contributed by atoms with Gasteiger partial charge in [-0.05, 0) is 25.5 Å². The van der Waals surface area contributed by atoms with Crippen LogP contribution in [0.4, 0.5) is 0 Å². The summed E-state index contributed by atoms with van der Waals surface area (Å²) in [4.78, 5) is 0.169. The Morgan fingerprint density at radius 3 is 2.62 bits per heavy atom. The van der Waals surface area contributed by atoms with Gasteiger partial charge in [-0.1, -0.05) is 13.8 Å². The molecule has 0 saturated carbocycles. The average Bonchev–Trinajstić information content (AvgIpc) is 2.97. The average molecular weight is 335 g/mol. The maximum atomic E-state index is 12.3. The monoisotopic (exact) mass is 335 g/mol. The van der Waals surface area contributed by atoms with Crippen molar-refractivity contribution in [3.63, 3.8) is 0 Å². The Labute approximate surface area is 131 Å². The SMILES string of the molecule is CCC(CC)(CNS(=O)(=O)c1cnn(CCCO)c1)SC. The van der Waals surface area contributed by atoms with E-state index in [-0.39, 0.29) is 16.2 Å². The molecule has 1 heterocycles. The van der Waals surface area contributed by atoms with E-state index in [4.69, 9.17) is 5.11 Å². The molecule has 0 aromatic carbocycles. The zero-order valence-corrected chi connectivity index (χ0v) is 14.5. The highest BCUT2D eigenvalue weighted by atomic mass is 32.2. The Kier molecular flexibility index (Phi) is 7.19. The van der Waals surface area contributed by atoms with Crippen LogP contribution >= 0.6 is 11.8 Å². The van der Waals surface area contributed by atoms with E-state index in [0.29, 0.717) is 19.5 Å². The van der Waals surface area contributed by atoms with Crippen LogP contribution < -0.4 is 4.72 Å². The van der Waals surface area contributed by atoms with Gasteiger partial charge in [0.15, 0.2) is 0 Å². The van der Waals surface area contributed by atoms with Crippen LogP contribution in [0, 0.1) is 0 Å². The summed E-state index contributed by atoms with van der Waals surface area (Å²) >= 11 is 1.69. The Hall–Kier alpha value is -0.570. The van der Waals surface area contributed by atoms with Gasteiger partial charge in [0.2, 0.25) is 10.0 Å². The molecule has 21 heavy (non-hydrogen) atoms. The van der Waals surface area contributed by atoms with E-state index < -0.39 is 10.0 Å². The van der Waals surface area contributed by atoms with Crippen molar-refractivity contribution < 1.29 is 13.5 Å². The third-order valence-corrected chi connectivity index (χ3v) is 6.71. The predicted octanol–water partition coefficient (Wildman–Crippen LogP) is 1.47. The Bertz CT molecular complexity index is 516. The second-order valence-corrected chi connectivity index (χ2v) is 7.98. The van der Waals surface area contributed by atoms with Crippen LogP contribution in [-0.4, -0.2) is 47.5 Å². The molecule has 2 N–H and O–H groups in total. The second-order valence-electron chi connectivity index (χ2n) is 4.94. The van der Waals surface area contributed by atoms with Gasteiger partial charge in [-0.15, -0.1) is 0 Å². The molecule has 1 aromatic heterocycles. The fourth-order valence-electron chi connectivity index (χ4n) is 2.01. The summed E-state index contributed by atoms with van der Waals surface area (Å²) in [5.41, 5.74) is 0. The summed E-state index contributed by atoms with van der Waals surface area (Å²) in [5, 5.41) is 12.8. The highest BCUT2D eigenvalue weighted by molar-refractivity contribution is 8.00. The lowest BCUT2D eigenvalue weighted by Crippen LogP contribution is -2.39. The van der Waals surface area contributed by atoms with Gasteiger partial charge in [-0.2, -0.15) is 16.9 Å². The minimum Gasteiger partial charge on any atom is -0.396 e. The topological polar surface area (TPSA) is 84.2 Å². The van der Waals surface area contributed by atoms with Gasteiger partial charge in [0.1, 0.15) is 4.90 Å². The van der Waals surface area contributed by atoms with Crippen molar-refractivity contribution in [1.29, 1.82) is 0 Å². The number of nitrogens with one attached hydrogen (secondary N) is 1. The van der Waals surface area contributed by atoms with Gasteiger partial charge in [0.05, 0.1) is 6.20 Å². The van der Waals surface area contributed by atoms with E-state index in [1.165, 1.54) is 17.1 Å². The van der Waals surface area contributed by atoms with Crippen LogP contribution in [0.25, 0.3) is 0 Å². The number of aromatic nitrogens is 2. The number of aryl methyl sites for hydroxylation is 1. The second kappa shape index (κ2) is 8.17. The molecule has 0 atom stereocenters. The van der Waals surface area contributed by atoms with Crippen LogP contribution in [0.5, 0.6) is 0 Å². The van der Waals surface area contributed by atoms with E-state index in [9.17, 15) is 8.42 Å². The first-order valence-electron chi connectivity index (χ1n) is 7.11. The molecule has 0 fully saturated rings. The number of aliphatic hydroxyl groups excluding tert-OH is 1. The Morgan fingerprint density at radius 2 is 2.10 bits per heavy atom. The van der Waals surface area contributed by atoms with Crippen molar-refractivity contribution in [2.75, 3.05) is 19.4 Å². The molecular formula is C13H25N3O3S2. The first-order chi connectivity index (χ1) is 9.93. The summed E-state index contributed by atoms with van der Waals surface area (Å²) in [6.45, 7) is 5.11. The van der Waals surface area contributed by atoms with Crippen LogP contribution in [0.15, 0.2) is 17.3 Å². The zero-order chi connectivity index (χ0) is 15.9. The standard InChI is InChI=1S/C13H25N3O3S2/c1-4-13(5-2,20-3)11-15-21(18,19)12-9-14-16(10-12)7-6-8-17/h9-10,15,17H,4-8,11H2,1-3H3. The number of thioether (sulfide) groups is 1. The van der Waals surface area contributed by atoms with Gasteiger partial charge in [0.25, 0.3) is 0 Å². The highest BCUT2D eigenvalue weighted by Crippen LogP contribution is 2.30. The van der Waals surface area contributed by atoms with E-state index in [2.05, 4.69) is 23.7 Å². The molecule has 8 heteroatoms. The molecule has 0 aliphatic carbocycles. The van der Waals surface area contributed by atoms with Gasteiger partial charge >= 0.3 is 0 Å². The summed E-state index contributed by atoms with van der Waals surface area (Å²) in [5.74, 6) is 0. The Morgan fingerprint density at radius 1 is 1.43 bits per heavy atom. The minimum atomic E-state index is -3.54. The zero-order valence-electron chi connectivity index (χ0n) is 12.9. The molecule has 0 amide bonds. The van der Waals surface area contributed by atoms with Gasteiger partial charge in [0, 0.05) is 30.6 Å². The third kappa shape index (κ3) is 4.98. The van der Waals surface area contributed by atoms with E-state index in [1.54, 1.807) is 11.8 Å². The molecular weight excluding hydrogens is 310 g/mol. The maximum Gasteiger partial charge on any atom is 0.243 e. The third-order valence-electron chi connectivity index (χ3n) is 3.77. The van der Waals surface area contributed by atoms with Crippen LogP contribution in [-0.2, 0) is 16.6 Å². The van der Waals surface area contributed by atoms with Crippen molar-refractivity contribution in [3.05, 3.63) is 12.4 Å². The number of hydrogen-bond acceptors (Lipinski definition) is 5. The first kappa shape index (κ1) is 18.5. The van der Waals surface area contributed by atoms with Gasteiger partial charge in [-0.25, -0.2) is 13.1 Å². The number of sulfonamides is 1. The lowest BCUT2D eigenvalue weighted by molar-refractivity contribution is 0.277. The molecule has 0 aliphatic heterocycles. The molecule has 122 valence electrons. The number of nitrogens with zero attached hydrogens (tertiary/aromatic N) is 2. The van der Waals surface area contributed by atoms with Crippen LogP contribution in [0.2, 0.25) is 0 Å². The summed E-state index contributed by atoms with van der Waals surface area (Å²) in [6.07, 6.45) is 7.21. The number of aliphatic hydroxyl groups is 1. The van der Waals surface area contributed by atoms with Gasteiger partial charge < -0.3 is 5.11 Å². The van der Waals surface area contributed by atoms with Gasteiger partial charge in [-0.3, -0.25) is 4.68 Å². The molecule has 0 spiro atoms. The smallest absolute Gasteiger partial charge is 0.243 e. The highest BCUT2D eigenvalue weighted by Gasteiger charge is 2.28. The summed E-state index contributed by atoms with van der Waals surface area (Å²) in [6, 6.07) is 0. The minimum absolute atomic E-state index is 0.0590. The molecule has 0 saturated heterocycles. The van der Waals surface area contributed by atoms with Crippen molar-refractivity contribution in [3.8, 4) is 0 Å². The van der Waals surface area contributed by atoms with Crippen LogP contribution in [0.3, 0.4) is 0 Å². The van der Waals surface area contributed by atoms with Crippen molar-refractivity contribution >= 4 is 21.8 Å². The normalized spacial score (nSPS) is 12.8. The van der Waals surface area contributed by atoms with Crippen molar-refractivity contribution in [1.82, 2.24) is 14.5 Å². The number of hydrogen-bond donors (Lipinski definition) is 2. The van der Waals surface area contributed by atoms with E-state index in [0.717, 1.165) is 12.8 Å². The summed E-state index contributed by atoms with van der Waals surface area (Å²) < 4.78 is 28.7. The predicted molar refractivity (Wildman–Crippen MR) is 85.9 cm³/mol. The summed E-state index contributed by atoms with van der Waals surface area (Å²) in [7, 11) is -3.54. The van der Waals surface area contributed by atoms with E-state index in [1.807, 2.05) is 6.26 Å². The maximum absolute atomic E-state index is 12.3. The lowest BCUT2D eigenvalue weighted by atomic mass is 10.0. The molecule has 1 aromatic rings. The molecule has 1 rings (SSSR count). The van der Waals surface area contributed by atoms with Crippen molar-refractivity contribution in [2.24, 2.45) is 0 Å². The molecule has 0 aliphatic rings. The molecule has 0 unspecified atom stereocenters. The largest absolute Gasteiger partial charge is 0.396 e. The molecule has 0 bridgehead atoms. The fraction of sp³-hybridized carbons (Fsp3) is 0.769. The molecule has 0 radical (unpaired) electrons. The van der Waals surface area contributed by atoms with Crippen LogP contribution in [0.1, 0.15) is 33.1 Å². The first-order valence-corrected chi connectivity index (χ1v) is 9.82. The Balaban J connectivity index is 2.75. The van der Waals surface area contributed by atoms with E-state index >= 15 is 0 Å².